The Labute approximate surface area is 208 Å². The number of benzene rings is 3. The summed E-state index contributed by atoms with van der Waals surface area (Å²) in [6.45, 7) is 5.18. The predicted molar refractivity (Wildman–Crippen MR) is 136 cm³/mol. The van der Waals surface area contributed by atoms with Crippen LogP contribution in [0, 0.1) is 0 Å². The lowest BCUT2D eigenvalue weighted by Gasteiger charge is -2.23. The molecule has 0 aliphatic rings. The Balaban J connectivity index is 1.70. The maximum Gasteiger partial charge on any atom is 0.333 e. The van der Waals surface area contributed by atoms with E-state index in [4.69, 9.17) is 4.74 Å². The Bertz CT molecular complexity index is 1290. The number of hydrogen-bond donors (Lipinski definition) is 4. The summed E-state index contributed by atoms with van der Waals surface area (Å²) >= 11 is 0. The first-order valence-electron chi connectivity index (χ1n) is 11.0. The fourth-order valence-electron chi connectivity index (χ4n) is 3.23. The quantitative estimate of drug-likeness (QED) is 0.0646. The van der Waals surface area contributed by atoms with Crippen molar-refractivity contribution in [1.82, 2.24) is 5.32 Å². The van der Waals surface area contributed by atoms with Crippen molar-refractivity contribution in [2.45, 2.75) is 6.92 Å². The molecular formula is C27H27N3O6. The van der Waals surface area contributed by atoms with Crippen molar-refractivity contribution in [2.75, 3.05) is 30.6 Å². The van der Waals surface area contributed by atoms with Crippen LogP contribution in [0.5, 0.6) is 11.5 Å². The molecule has 9 nitrogen and oxygen atoms in total. The molecule has 0 fully saturated rings. The molecule has 0 heterocycles. The zero-order valence-corrected chi connectivity index (χ0v) is 19.9. The monoisotopic (exact) mass is 489 g/mol. The van der Waals surface area contributed by atoms with Crippen LogP contribution in [-0.4, -0.2) is 48.1 Å². The van der Waals surface area contributed by atoms with E-state index in [9.17, 15) is 24.6 Å². The highest BCUT2D eigenvalue weighted by Gasteiger charge is 2.18. The van der Waals surface area contributed by atoms with Gasteiger partial charge in [0.25, 0.3) is 5.91 Å². The first kappa shape index (κ1) is 25.8. The maximum absolute atomic E-state index is 12.8. The molecule has 0 unspecified atom stereocenters. The number of ketones is 1. The predicted octanol–water partition coefficient (Wildman–Crippen LogP) is 3.64. The highest BCUT2D eigenvalue weighted by atomic mass is 16.5. The maximum atomic E-state index is 12.8. The van der Waals surface area contributed by atoms with Gasteiger partial charge < -0.3 is 20.3 Å². The van der Waals surface area contributed by atoms with Crippen LogP contribution in [0.15, 0.2) is 78.9 Å². The van der Waals surface area contributed by atoms with Crippen molar-refractivity contribution in [3.63, 3.8) is 0 Å². The third-order valence-electron chi connectivity index (χ3n) is 5.15. The number of carbonyl (C=O) groups is 3. The zero-order chi connectivity index (χ0) is 26.2. The van der Waals surface area contributed by atoms with Crippen LogP contribution in [-0.2, 0) is 9.53 Å². The van der Waals surface area contributed by atoms with E-state index in [-0.39, 0.29) is 47.4 Å². The summed E-state index contributed by atoms with van der Waals surface area (Å²) in [7, 11) is 1.67. The number of rotatable bonds is 10. The van der Waals surface area contributed by atoms with E-state index in [0.29, 0.717) is 16.8 Å². The van der Waals surface area contributed by atoms with Crippen LogP contribution in [0.25, 0.3) is 0 Å². The van der Waals surface area contributed by atoms with E-state index in [1.165, 1.54) is 13.0 Å². The van der Waals surface area contributed by atoms with Gasteiger partial charge in [-0.1, -0.05) is 43.0 Å². The first-order chi connectivity index (χ1) is 17.2. The molecule has 0 aromatic heterocycles. The number of amides is 1. The highest BCUT2D eigenvalue weighted by molar-refractivity contribution is 6.11. The summed E-state index contributed by atoms with van der Waals surface area (Å²) in [6, 6.07) is 17.6. The molecule has 3 aromatic rings. The van der Waals surface area contributed by atoms with E-state index in [1.807, 2.05) is 0 Å². The minimum atomic E-state index is -0.523. The Morgan fingerprint density at radius 3 is 2.33 bits per heavy atom. The number of nitrogens with one attached hydrogen (secondary N) is 2. The molecule has 0 aliphatic carbocycles. The van der Waals surface area contributed by atoms with Crippen molar-refractivity contribution < 1.29 is 29.3 Å². The molecule has 0 spiro atoms. The molecule has 3 rings (SSSR count). The minimum absolute atomic E-state index is 0.0166. The number of esters is 1. The Hall–Kier alpha value is -4.79. The van der Waals surface area contributed by atoms with Gasteiger partial charge in [0.2, 0.25) is 0 Å². The van der Waals surface area contributed by atoms with Gasteiger partial charge in [0.1, 0.15) is 18.1 Å². The number of carbonyl (C=O) groups excluding carboxylic acids is 3. The van der Waals surface area contributed by atoms with Gasteiger partial charge >= 0.3 is 5.97 Å². The SMILES string of the molecule is C=C(C)C(=O)OCCNC(=O)c1cccc(N(C)Nc2cc(C(=O)c3ccccc3)c(O)cc2O)c1. The van der Waals surface area contributed by atoms with Crippen LogP contribution in [0.2, 0.25) is 0 Å². The summed E-state index contributed by atoms with van der Waals surface area (Å²) in [6.07, 6.45) is 0. The summed E-state index contributed by atoms with van der Waals surface area (Å²) in [4.78, 5) is 36.7. The Morgan fingerprint density at radius 2 is 1.64 bits per heavy atom. The van der Waals surface area contributed by atoms with Crippen molar-refractivity contribution >= 4 is 29.0 Å². The van der Waals surface area contributed by atoms with Gasteiger partial charge in [-0.05, 0) is 31.2 Å². The Kier molecular flexibility index (Phi) is 8.30. The van der Waals surface area contributed by atoms with E-state index in [0.717, 1.165) is 6.07 Å². The summed E-state index contributed by atoms with van der Waals surface area (Å²) < 4.78 is 4.96. The summed E-state index contributed by atoms with van der Waals surface area (Å²) in [5.74, 6) is -1.89. The largest absolute Gasteiger partial charge is 0.507 e. The molecular weight excluding hydrogens is 462 g/mol. The van der Waals surface area contributed by atoms with Gasteiger partial charge in [-0.15, -0.1) is 0 Å². The Morgan fingerprint density at radius 1 is 0.944 bits per heavy atom. The lowest BCUT2D eigenvalue weighted by molar-refractivity contribution is -0.138. The standard InChI is InChI=1S/C27H27N3O6/c1-17(2)27(35)36-13-12-28-26(34)19-10-7-11-20(14-19)30(3)29-22-15-21(23(31)16-24(22)32)25(33)18-8-5-4-6-9-18/h4-11,14-16,29,31-32H,1,12-13H2,2-3H3,(H,28,34). The van der Waals surface area contributed by atoms with Crippen LogP contribution in [0.4, 0.5) is 11.4 Å². The first-order valence-corrected chi connectivity index (χ1v) is 11.0. The lowest BCUT2D eigenvalue weighted by atomic mass is 10.0. The molecule has 1 amide bonds. The van der Waals surface area contributed by atoms with Gasteiger partial charge in [0.05, 0.1) is 23.5 Å². The van der Waals surface area contributed by atoms with Crippen LogP contribution in [0.3, 0.4) is 0 Å². The van der Waals surface area contributed by atoms with Gasteiger partial charge in [0.15, 0.2) is 5.78 Å². The van der Waals surface area contributed by atoms with Gasteiger partial charge in [-0.25, -0.2) is 4.79 Å². The molecule has 3 aromatic carbocycles. The van der Waals surface area contributed by atoms with Crippen LogP contribution < -0.4 is 15.8 Å². The number of anilines is 2. The van der Waals surface area contributed by atoms with Crippen molar-refractivity contribution in [3.05, 3.63) is 95.6 Å². The molecule has 4 N–H and O–H groups in total. The van der Waals surface area contributed by atoms with Crippen molar-refractivity contribution in [3.8, 4) is 11.5 Å². The van der Waals surface area contributed by atoms with E-state index >= 15 is 0 Å². The molecule has 0 saturated heterocycles. The smallest absolute Gasteiger partial charge is 0.333 e. The van der Waals surface area contributed by atoms with Gasteiger partial charge in [-0.2, -0.15) is 0 Å². The average Bonchev–Trinajstić information content (AvgIpc) is 2.88. The number of aromatic hydroxyl groups is 2. The fraction of sp³-hybridized carbons (Fsp3) is 0.148. The van der Waals surface area contributed by atoms with Crippen molar-refractivity contribution in [1.29, 1.82) is 0 Å². The average molecular weight is 490 g/mol. The second kappa shape index (κ2) is 11.6. The molecule has 186 valence electrons. The highest BCUT2D eigenvalue weighted by Crippen LogP contribution is 2.33. The summed E-state index contributed by atoms with van der Waals surface area (Å²) in [5, 5.41) is 24.8. The fourth-order valence-corrected chi connectivity index (χ4v) is 3.23. The minimum Gasteiger partial charge on any atom is -0.507 e. The molecule has 0 aliphatic heterocycles. The molecule has 0 saturated carbocycles. The number of phenols is 2. The van der Waals surface area contributed by atoms with E-state index in [1.54, 1.807) is 66.7 Å². The lowest BCUT2D eigenvalue weighted by Crippen LogP contribution is -2.29. The summed E-state index contributed by atoms with van der Waals surface area (Å²) in [5.41, 5.74) is 4.79. The molecule has 0 bridgehead atoms. The van der Waals surface area contributed by atoms with Crippen LogP contribution in [0.1, 0.15) is 33.2 Å². The van der Waals surface area contributed by atoms with E-state index < -0.39 is 11.8 Å². The number of nitrogens with zero attached hydrogens (tertiary/aromatic N) is 1. The molecule has 0 atom stereocenters. The van der Waals surface area contributed by atoms with E-state index in [2.05, 4.69) is 17.3 Å². The third-order valence-corrected chi connectivity index (χ3v) is 5.15. The van der Waals surface area contributed by atoms with Gasteiger partial charge in [-0.3, -0.25) is 20.0 Å². The number of hydrazine groups is 1. The topological polar surface area (TPSA) is 128 Å². The number of phenolic OH excluding ortho intramolecular Hbond substituents is 2. The molecule has 36 heavy (non-hydrogen) atoms. The second-order valence-corrected chi connectivity index (χ2v) is 7.97. The third kappa shape index (κ3) is 6.41. The molecule has 0 radical (unpaired) electrons. The van der Waals surface area contributed by atoms with Crippen LogP contribution >= 0.6 is 0 Å². The normalized spacial score (nSPS) is 10.3. The van der Waals surface area contributed by atoms with Gasteiger partial charge in [0, 0.05) is 29.8 Å². The number of ether oxygens (including phenoxy) is 1. The number of hydrogen-bond acceptors (Lipinski definition) is 8. The second-order valence-electron chi connectivity index (χ2n) is 7.97. The van der Waals surface area contributed by atoms with Crippen molar-refractivity contribution in [2.24, 2.45) is 0 Å². The molecule has 9 heteroatoms. The zero-order valence-electron chi connectivity index (χ0n) is 19.9.